The van der Waals surface area contributed by atoms with Crippen molar-refractivity contribution < 1.29 is 4.74 Å². The third-order valence-electron chi connectivity index (χ3n) is 5.69. The number of aliphatic imine (C=N–C) groups is 1. The van der Waals surface area contributed by atoms with E-state index in [9.17, 15) is 0 Å². The molecule has 1 aliphatic carbocycles. The first-order valence-electron chi connectivity index (χ1n) is 9.72. The lowest BCUT2D eigenvalue weighted by atomic mass is 9.58. The van der Waals surface area contributed by atoms with Gasteiger partial charge in [0.05, 0.1) is 18.3 Å². The summed E-state index contributed by atoms with van der Waals surface area (Å²) in [6, 6.07) is 6.47. The molecule has 1 aliphatic rings. The van der Waals surface area contributed by atoms with E-state index in [-0.39, 0.29) is 29.4 Å². The smallest absolute Gasteiger partial charge is 0.191 e. The van der Waals surface area contributed by atoms with E-state index in [1.165, 1.54) is 0 Å². The number of ether oxygens (including phenoxy) is 1. The highest BCUT2D eigenvalue weighted by Gasteiger charge is 2.53. The number of anilines is 1. The minimum Gasteiger partial charge on any atom is -0.378 e. The van der Waals surface area contributed by atoms with Crippen molar-refractivity contribution in [3.8, 4) is 0 Å². The number of hydrogen-bond donors (Lipinski definition) is 2. The summed E-state index contributed by atoms with van der Waals surface area (Å²) >= 11 is 0. The average Bonchev–Trinajstić information content (AvgIpc) is 2.64. The van der Waals surface area contributed by atoms with Gasteiger partial charge in [-0.25, -0.2) is 4.98 Å². The molecule has 0 amide bonds. The van der Waals surface area contributed by atoms with Crippen LogP contribution in [-0.2, 0) is 11.3 Å². The highest BCUT2D eigenvalue weighted by atomic mass is 127. The minimum atomic E-state index is 0. The third-order valence-corrected chi connectivity index (χ3v) is 5.69. The van der Waals surface area contributed by atoms with Crippen LogP contribution in [-0.4, -0.2) is 50.8 Å². The van der Waals surface area contributed by atoms with E-state index in [1.54, 1.807) is 0 Å². The fraction of sp³-hybridized carbons (Fsp3) is 0.700. The lowest BCUT2D eigenvalue weighted by Crippen LogP contribution is -2.65. The molecule has 2 unspecified atom stereocenters. The van der Waals surface area contributed by atoms with Crippen LogP contribution in [0.2, 0.25) is 0 Å². The molecule has 2 N–H and O–H groups in total. The van der Waals surface area contributed by atoms with Gasteiger partial charge < -0.3 is 20.3 Å². The van der Waals surface area contributed by atoms with E-state index >= 15 is 0 Å². The summed E-state index contributed by atoms with van der Waals surface area (Å²) in [6.45, 7) is 8.02. The van der Waals surface area contributed by atoms with Crippen LogP contribution in [0.5, 0.6) is 0 Å². The molecule has 1 fully saturated rings. The van der Waals surface area contributed by atoms with Crippen LogP contribution in [0.15, 0.2) is 23.2 Å². The number of pyridine rings is 1. The molecule has 1 heterocycles. The van der Waals surface area contributed by atoms with Crippen molar-refractivity contribution in [3.63, 3.8) is 0 Å². The summed E-state index contributed by atoms with van der Waals surface area (Å²) in [6.07, 6.45) is 3.59. The minimum absolute atomic E-state index is 0. The first kappa shape index (κ1) is 23.9. The van der Waals surface area contributed by atoms with Gasteiger partial charge in [-0.05, 0) is 38.3 Å². The SMILES string of the molecule is CCOC1CC(NC(=NC)NCc2cccc(N(C)C)n2)C1(CC)CC.I. The van der Waals surface area contributed by atoms with Crippen LogP contribution in [0, 0.1) is 5.41 Å². The second-order valence-electron chi connectivity index (χ2n) is 7.12. The van der Waals surface area contributed by atoms with E-state index in [0.717, 1.165) is 43.3 Å². The highest BCUT2D eigenvalue weighted by Crippen LogP contribution is 2.48. The standard InChI is InChI=1S/C20H35N5O.HI/c1-7-20(8-2)16(13-17(20)26-9-3)24-19(21-4)22-14-15-11-10-12-18(23-15)25(5)6;/h10-12,16-17H,7-9,13-14H2,1-6H3,(H2,21,22,24);1H. The first-order chi connectivity index (χ1) is 12.5. The summed E-state index contributed by atoms with van der Waals surface area (Å²) < 4.78 is 5.97. The Kier molecular flexibility index (Phi) is 9.80. The predicted octanol–water partition coefficient (Wildman–Crippen LogP) is 3.41. The Morgan fingerprint density at radius 3 is 2.56 bits per heavy atom. The molecule has 27 heavy (non-hydrogen) atoms. The van der Waals surface area contributed by atoms with Gasteiger partial charge in [-0.15, -0.1) is 24.0 Å². The maximum absolute atomic E-state index is 5.97. The third kappa shape index (κ3) is 5.47. The van der Waals surface area contributed by atoms with E-state index in [4.69, 9.17) is 4.74 Å². The maximum atomic E-state index is 5.97. The summed E-state index contributed by atoms with van der Waals surface area (Å²) in [5.74, 6) is 1.79. The Bertz CT molecular complexity index is 604. The summed E-state index contributed by atoms with van der Waals surface area (Å²) in [5.41, 5.74) is 1.19. The number of hydrogen-bond acceptors (Lipinski definition) is 4. The molecule has 0 saturated heterocycles. The summed E-state index contributed by atoms with van der Waals surface area (Å²) in [7, 11) is 5.82. The molecule has 6 nitrogen and oxygen atoms in total. The normalized spacial score (nSPS) is 21.0. The van der Waals surface area contributed by atoms with Crippen molar-refractivity contribution in [2.24, 2.45) is 10.4 Å². The zero-order valence-electron chi connectivity index (χ0n) is 17.6. The van der Waals surface area contributed by atoms with Gasteiger partial charge in [0.25, 0.3) is 0 Å². The Labute approximate surface area is 181 Å². The van der Waals surface area contributed by atoms with Crippen LogP contribution in [0.3, 0.4) is 0 Å². The van der Waals surface area contributed by atoms with Crippen LogP contribution in [0.4, 0.5) is 5.82 Å². The van der Waals surface area contributed by atoms with Crippen LogP contribution in [0.1, 0.15) is 45.7 Å². The lowest BCUT2D eigenvalue weighted by molar-refractivity contribution is -0.133. The average molecular weight is 489 g/mol. The molecule has 154 valence electrons. The number of guanidine groups is 1. The van der Waals surface area contributed by atoms with Crippen molar-refractivity contribution in [2.75, 3.05) is 32.6 Å². The molecule has 0 radical (unpaired) electrons. The number of nitrogens with one attached hydrogen (secondary N) is 2. The van der Waals surface area contributed by atoms with E-state index in [1.807, 2.05) is 44.2 Å². The number of halogens is 1. The van der Waals surface area contributed by atoms with Crippen molar-refractivity contribution in [2.45, 2.75) is 58.7 Å². The molecule has 7 heteroatoms. The molecular weight excluding hydrogens is 453 g/mol. The molecule has 0 aliphatic heterocycles. The Hall–Kier alpha value is -1.09. The van der Waals surface area contributed by atoms with E-state index in [2.05, 4.69) is 41.4 Å². The molecule has 0 aromatic carbocycles. The second-order valence-corrected chi connectivity index (χ2v) is 7.12. The van der Waals surface area contributed by atoms with Crippen molar-refractivity contribution in [3.05, 3.63) is 23.9 Å². The van der Waals surface area contributed by atoms with Crippen LogP contribution >= 0.6 is 24.0 Å². The second kappa shape index (κ2) is 11.0. The molecule has 1 aromatic rings. The van der Waals surface area contributed by atoms with E-state index in [0.29, 0.717) is 18.7 Å². The molecule has 2 atom stereocenters. The van der Waals surface area contributed by atoms with Crippen molar-refractivity contribution in [1.82, 2.24) is 15.6 Å². The largest absolute Gasteiger partial charge is 0.378 e. The molecular formula is C20H36IN5O. The van der Waals surface area contributed by atoms with Gasteiger partial charge in [0.1, 0.15) is 5.82 Å². The molecule has 0 spiro atoms. The van der Waals surface area contributed by atoms with Gasteiger partial charge in [-0.2, -0.15) is 0 Å². The van der Waals surface area contributed by atoms with Gasteiger partial charge in [-0.3, -0.25) is 4.99 Å². The van der Waals surface area contributed by atoms with Gasteiger partial charge in [0.15, 0.2) is 5.96 Å². The maximum Gasteiger partial charge on any atom is 0.191 e. The van der Waals surface area contributed by atoms with Gasteiger partial charge in [0.2, 0.25) is 0 Å². The Balaban J connectivity index is 0.00000364. The predicted molar refractivity (Wildman–Crippen MR) is 124 cm³/mol. The number of nitrogens with zero attached hydrogens (tertiary/aromatic N) is 3. The van der Waals surface area contributed by atoms with Gasteiger partial charge in [-0.1, -0.05) is 19.9 Å². The molecule has 0 bridgehead atoms. The zero-order chi connectivity index (χ0) is 19.2. The lowest BCUT2D eigenvalue weighted by Gasteiger charge is -2.55. The highest BCUT2D eigenvalue weighted by molar-refractivity contribution is 14.0. The van der Waals surface area contributed by atoms with Crippen LogP contribution in [0.25, 0.3) is 0 Å². The van der Waals surface area contributed by atoms with Crippen molar-refractivity contribution >= 4 is 35.8 Å². The molecule has 1 saturated carbocycles. The Morgan fingerprint density at radius 1 is 1.30 bits per heavy atom. The molecule has 1 aromatic heterocycles. The quantitative estimate of drug-likeness (QED) is 0.333. The molecule has 2 rings (SSSR count). The van der Waals surface area contributed by atoms with Crippen molar-refractivity contribution in [1.29, 1.82) is 0 Å². The number of rotatable bonds is 8. The zero-order valence-corrected chi connectivity index (χ0v) is 19.9. The monoisotopic (exact) mass is 489 g/mol. The van der Waals surface area contributed by atoms with E-state index < -0.39 is 0 Å². The number of aromatic nitrogens is 1. The topological polar surface area (TPSA) is 61.8 Å². The summed E-state index contributed by atoms with van der Waals surface area (Å²) in [4.78, 5) is 11.1. The summed E-state index contributed by atoms with van der Waals surface area (Å²) in [5, 5.41) is 7.01. The fourth-order valence-corrected chi connectivity index (χ4v) is 3.93. The Morgan fingerprint density at radius 2 is 2.00 bits per heavy atom. The van der Waals surface area contributed by atoms with Gasteiger partial charge >= 0.3 is 0 Å². The first-order valence-corrected chi connectivity index (χ1v) is 9.72. The van der Waals surface area contributed by atoms with Crippen LogP contribution < -0.4 is 15.5 Å². The van der Waals surface area contributed by atoms with Gasteiger partial charge in [0, 0.05) is 39.2 Å². The fourth-order valence-electron chi connectivity index (χ4n) is 3.93.